The predicted octanol–water partition coefficient (Wildman–Crippen LogP) is 2.29. The molecule has 1 unspecified atom stereocenters. The quantitative estimate of drug-likeness (QED) is 0.866. The summed E-state index contributed by atoms with van der Waals surface area (Å²) in [5.74, 6) is 2.10. The van der Waals surface area contributed by atoms with Gasteiger partial charge in [0.05, 0.1) is 26.0 Å². The smallest absolute Gasteiger partial charge is 0.169 e. The highest BCUT2D eigenvalue weighted by Gasteiger charge is 2.07. The van der Waals surface area contributed by atoms with Crippen LogP contribution in [0.15, 0.2) is 36.7 Å². The first kappa shape index (κ1) is 13.4. The van der Waals surface area contributed by atoms with Gasteiger partial charge in [0.15, 0.2) is 17.2 Å². The van der Waals surface area contributed by atoms with Crippen molar-refractivity contribution in [2.75, 3.05) is 14.2 Å². The minimum atomic E-state index is 0.360. The minimum Gasteiger partial charge on any atom is -0.493 e. The van der Waals surface area contributed by atoms with E-state index in [2.05, 4.69) is 17.3 Å². The highest BCUT2D eigenvalue weighted by molar-refractivity contribution is 5.41. The second kappa shape index (κ2) is 6.24. The van der Waals surface area contributed by atoms with Crippen molar-refractivity contribution in [1.82, 2.24) is 15.1 Å². The molecule has 1 aromatic heterocycles. The van der Waals surface area contributed by atoms with Crippen molar-refractivity contribution in [3.05, 3.63) is 36.7 Å². The summed E-state index contributed by atoms with van der Waals surface area (Å²) in [6.07, 6.45) is 3.58. The van der Waals surface area contributed by atoms with Gasteiger partial charge < -0.3 is 14.8 Å². The number of para-hydroxylation sites is 2. The van der Waals surface area contributed by atoms with Gasteiger partial charge in [0.25, 0.3) is 0 Å². The highest BCUT2D eigenvalue weighted by atomic mass is 16.5. The predicted molar refractivity (Wildman–Crippen MR) is 73.8 cm³/mol. The van der Waals surface area contributed by atoms with E-state index in [1.807, 2.05) is 42.2 Å². The Balaban J connectivity index is 2.07. The van der Waals surface area contributed by atoms with E-state index in [4.69, 9.17) is 9.47 Å². The van der Waals surface area contributed by atoms with Crippen molar-refractivity contribution < 1.29 is 9.47 Å². The third-order valence-corrected chi connectivity index (χ3v) is 2.86. The standard InChI is InChI=1S/C14H19N3O2/c1-11(15-2)9-17-10-12(8-16-17)19-14-7-5-4-6-13(14)18-3/h4-8,10-11,15H,9H2,1-3H3. The Morgan fingerprint density at radius 1 is 1.32 bits per heavy atom. The van der Waals surface area contributed by atoms with E-state index in [9.17, 15) is 0 Å². The first-order chi connectivity index (χ1) is 9.22. The molecule has 0 fully saturated rings. The van der Waals surface area contributed by atoms with Crippen LogP contribution in [-0.4, -0.2) is 30.0 Å². The molecule has 0 saturated heterocycles. The molecule has 0 bridgehead atoms. The van der Waals surface area contributed by atoms with Gasteiger partial charge in [0, 0.05) is 6.04 Å². The Morgan fingerprint density at radius 3 is 2.74 bits per heavy atom. The maximum atomic E-state index is 5.77. The van der Waals surface area contributed by atoms with Gasteiger partial charge in [-0.3, -0.25) is 4.68 Å². The third kappa shape index (κ3) is 3.48. The van der Waals surface area contributed by atoms with Crippen LogP contribution in [-0.2, 0) is 6.54 Å². The third-order valence-electron chi connectivity index (χ3n) is 2.86. The lowest BCUT2D eigenvalue weighted by atomic mass is 10.3. The highest BCUT2D eigenvalue weighted by Crippen LogP contribution is 2.30. The summed E-state index contributed by atoms with van der Waals surface area (Å²) in [6, 6.07) is 7.91. The van der Waals surface area contributed by atoms with E-state index in [0.717, 1.165) is 6.54 Å². The first-order valence-corrected chi connectivity index (χ1v) is 6.23. The van der Waals surface area contributed by atoms with E-state index in [0.29, 0.717) is 23.3 Å². The lowest BCUT2D eigenvalue weighted by Gasteiger charge is -2.09. The number of nitrogens with zero attached hydrogens (tertiary/aromatic N) is 2. The molecule has 0 aliphatic heterocycles. The van der Waals surface area contributed by atoms with E-state index in [-0.39, 0.29) is 0 Å². The number of hydrogen-bond acceptors (Lipinski definition) is 4. The summed E-state index contributed by atoms with van der Waals surface area (Å²) in [5, 5.41) is 7.44. The van der Waals surface area contributed by atoms with Crippen molar-refractivity contribution in [2.45, 2.75) is 19.5 Å². The molecule has 0 amide bonds. The fraction of sp³-hybridized carbons (Fsp3) is 0.357. The number of methoxy groups -OCH3 is 1. The van der Waals surface area contributed by atoms with Gasteiger partial charge in [-0.1, -0.05) is 12.1 Å². The Bertz CT molecular complexity index is 525. The Morgan fingerprint density at radius 2 is 2.05 bits per heavy atom. The van der Waals surface area contributed by atoms with Crippen LogP contribution in [0.3, 0.4) is 0 Å². The molecule has 1 heterocycles. The summed E-state index contributed by atoms with van der Waals surface area (Å²) in [6.45, 7) is 2.90. The summed E-state index contributed by atoms with van der Waals surface area (Å²) in [7, 11) is 3.56. The summed E-state index contributed by atoms with van der Waals surface area (Å²) in [5.41, 5.74) is 0. The zero-order valence-electron chi connectivity index (χ0n) is 11.5. The van der Waals surface area contributed by atoms with Crippen molar-refractivity contribution in [3.63, 3.8) is 0 Å². The molecule has 0 spiro atoms. The van der Waals surface area contributed by atoms with Crippen LogP contribution < -0.4 is 14.8 Å². The van der Waals surface area contributed by atoms with Crippen LogP contribution in [0.2, 0.25) is 0 Å². The topological polar surface area (TPSA) is 48.3 Å². The fourth-order valence-corrected chi connectivity index (χ4v) is 1.70. The van der Waals surface area contributed by atoms with E-state index < -0.39 is 0 Å². The van der Waals surface area contributed by atoms with Crippen LogP contribution in [0, 0.1) is 0 Å². The van der Waals surface area contributed by atoms with Crippen molar-refractivity contribution >= 4 is 0 Å². The van der Waals surface area contributed by atoms with Gasteiger partial charge in [0.2, 0.25) is 0 Å². The number of benzene rings is 1. The summed E-state index contributed by atoms with van der Waals surface area (Å²) >= 11 is 0. The van der Waals surface area contributed by atoms with Gasteiger partial charge in [0.1, 0.15) is 0 Å². The number of nitrogens with one attached hydrogen (secondary N) is 1. The Kier molecular flexibility index (Phi) is 4.41. The van der Waals surface area contributed by atoms with Crippen molar-refractivity contribution in [1.29, 1.82) is 0 Å². The molecule has 5 nitrogen and oxygen atoms in total. The summed E-state index contributed by atoms with van der Waals surface area (Å²) in [4.78, 5) is 0. The SMILES string of the molecule is CNC(C)Cn1cc(Oc2ccccc2OC)cn1. The molecule has 0 aliphatic carbocycles. The molecule has 0 saturated carbocycles. The van der Waals surface area contributed by atoms with Gasteiger partial charge in [-0.25, -0.2) is 0 Å². The number of hydrogen-bond donors (Lipinski definition) is 1. The summed E-state index contributed by atoms with van der Waals surface area (Å²) < 4.78 is 12.9. The largest absolute Gasteiger partial charge is 0.493 e. The van der Waals surface area contributed by atoms with Gasteiger partial charge in [-0.15, -0.1) is 0 Å². The first-order valence-electron chi connectivity index (χ1n) is 6.23. The van der Waals surface area contributed by atoms with Crippen molar-refractivity contribution in [3.8, 4) is 17.2 Å². The van der Waals surface area contributed by atoms with Gasteiger partial charge in [-0.05, 0) is 26.1 Å². The molecule has 0 aliphatic rings. The molecule has 102 valence electrons. The second-order valence-electron chi connectivity index (χ2n) is 4.34. The maximum Gasteiger partial charge on any atom is 0.169 e. The molecule has 1 N–H and O–H groups in total. The van der Waals surface area contributed by atoms with Gasteiger partial charge in [-0.2, -0.15) is 5.10 Å². The average molecular weight is 261 g/mol. The zero-order valence-corrected chi connectivity index (χ0v) is 11.5. The Hall–Kier alpha value is -2.01. The van der Waals surface area contributed by atoms with Crippen LogP contribution in [0.1, 0.15) is 6.92 Å². The molecule has 5 heteroatoms. The molecule has 2 aromatic rings. The maximum absolute atomic E-state index is 5.77. The molecule has 1 atom stereocenters. The number of aromatic nitrogens is 2. The molecule has 0 radical (unpaired) electrons. The van der Waals surface area contributed by atoms with Crippen LogP contribution >= 0.6 is 0 Å². The Labute approximate surface area is 113 Å². The van der Waals surface area contributed by atoms with Crippen LogP contribution in [0.5, 0.6) is 17.2 Å². The molecular weight excluding hydrogens is 242 g/mol. The van der Waals surface area contributed by atoms with Crippen LogP contribution in [0.4, 0.5) is 0 Å². The minimum absolute atomic E-state index is 0.360. The van der Waals surface area contributed by atoms with E-state index in [1.165, 1.54) is 0 Å². The lowest BCUT2D eigenvalue weighted by Crippen LogP contribution is -2.26. The molecule has 19 heavy (non-hydrogen) atoms. The van der Waals surface area contributed by atoms with E-state index in [1.54, 1.807) is 13.3 Å². The number of ether oxygens (including phenoxy) is 2. The van der Waals surface area contributed by atoms with E-state index >= 15 is 0 Å². The average Bonchev–Trinajstić information content (AvgIpc) is 2.86. The molecular formula is C14H19N3O2. The number of likely N-dealkylation sites (N-methyl/N-ethyl adjacent to an activating group) is 1. The fourth-order valence-electron chi connectivity index (χ4n) is 1.70. The lowest BCUT2D eigenvalue weighted by molar-refractivity contribution is 0.378. The van der Waals surface area contributed by atoms with Gasteiger partial charge >= 0.3 is 0 Å². The second-order valence-corrected chi connectivity index (χ2v) is 4.34. The monoisotopic (exact) mass is 261 g/mol. The van der Waals surface area contributed by atoms with Crippen LogP contribution in [0.25, 0.3) is 0 Å². The normalized spacial score (nSPS) is 12.2. The molecule has 1 aromatic carbocycles. The molecule has 2 rings (SSSR count). The number of rotatable bonds is 6. The zero-order chi connectivity index (χ0) is 13.7. The van der Waals surface area contributed by atoms with Crippen molar-refractivity contribution in [2.24, 2.45) is 0 Å².